The minimum atomic E-state index is -0.176. The van der Waals surface area contributed by atoms with Gasteiger partial charge < -0.3 is 14.2 Å². The minimum Gasteiger partial charge on any atom is -0.496 e. The number of methoxy groups -OCH3 is 2. The minimum absolute atomic E-state index is 0.0985. The van der Waals surface area contributed by atoms with E-state index in [9.17, 15) is 0 Å². The molecule has 22 heavy (non-hydrogen) atoms. The van der Waals surface area contributed by atoms with Crippen LogP contribution in [0.3, 0.4) is 0 Å². The van der Waals surface area contributed by atoms with E-state index in [0.717, 1.165) is 42.2 Å². The SMILES string of the molecule is COCC1CN(Cc2ncc(C)c(OC)c2C)CC(C)(C)O1. The summed E-state index contributed by atoms with van der Waals surface area (Å²) in [5.41, 5.74) is 3.08. The van der Waals surface area contributed by atoms with Gasteiger partial charge in [-0.2, -0.15) is 0 Å². The third-order valence-corrected chi connectivity index (χ3v) is 4.03. The van der Waals surface area contributed by atoms with Crippen LogP contribution in [0.25, 0.3) is 0 Å². The molecule has 0 radical (unpaired) electrons. The van der Waals surface area contributed by atoms with E-state index in [1.165, 1.54) is 0 Å². The van der Waals surface area contributed by atoms with Crippen LogP contribution in [0.1, 0.15) is 30.7 Å². The fraction of sp³-hybridized carbons (Fsp3) is 0.706. The lowest BCUT2D eigenvalue weighted by molar-refractivity contribution is -0.154. The predicted molar refractivity (Wildman–Crippen MR) is 86.4 cm³/mol. The molecule has 0 amide bonds. The van der Waals surface area contributed by atoms with Gasteiger partial charge in [-0.3, -0.25) is 9.88 Å². The molecule has 1 atom stereocenters. The lowest BCUT2D eigenvalue weighted by Crippen LogP contribution is -2.53. The van der Waals surface area contributed by atoms with Crippen molar-refractivity contribution in [2.24, 2.45) is 0 Å². The van der Waals surface area contributed by atoms with E-state index >= 15 is 0 Å². The van der Waals surface area contributed by atoms with Crippen LogP contribution in [-0.2, 0) is 16.0 Å². The zero-order chi connectivity index (χ0) is 16.3. The summed E-state index contributed by atoms with van der Waals surface area (Å²) < 4.78 is 16.8. The van der Waals surface area contributed by atoms with Crippen LogP contribution in [0.5, 0.6) is 5.75 Å². The van der Waals surface area contributed by atoms with E-state index in [2.05, 4.69) is 30.7 Å². The number of ether oxygens (including phenoxy) is 3. The van der Waals surface area contributed by atoms with E-state index in [-0.39, 0.29) is 11.7 Å². The lowest BCUT2D eigenvalue weighted by Gasteiger charge is -2.42. The number of hydrogen-bond donors (Lipinski definition) is 0. The van der Waals surface area contributed by atoms with Crippen molar-refractivity contribution in [3.8, 4) is 5.75 Å². The van der Waals surface area contributed by atoms with Gasteiger partial charge in [0.05, 0.1) is 31.1 Å². The molecule has 0 spiro atoms. The van der Waals surface area contributed by atoms with Crippen molar-refractivity contribution >= 4 is 0 Å². The molecule has 2 rings (SSSR count). The zero-order valence-corrected chi connectivity index (χ0v) is 14.6. The van der Waals surface area contributed by atoms with Crippen molar-refractivity contribution in [1.82, 2.24) is 9.88 Å². The number of hydrogen-bond acceptors (Lipinski definition) is 5. The summed E-state index contributed by atoms with van der Waals surface area (Å²) in [5, 5.41) is 0. The Kier molecular flexibility index (Phi) is 5.42. The maximum absolute atomic E-state index is 6.06. The number of morpholine rings is 1. The molecule has 2 heterocycles. The first-order valence-electron chi connectivity index (χ1n) is 7.74. The fourth-order valence-electron chi connectivity index (χ4n) is 3.25. The van der Waals surface area contributed by atoms with Crippen molar-refractivity contribution in [3.63, 3.8) is 0 Å². The zero-order valence-electron chi connectivity index (χ0n) is 14.6. The van der Waals surface area contributed by atoms with Gasteiger partial charge in [0.15, 0.2) is 0 Å². The molecule has 0 saturated carbocycles. The third kappa shape index (κ3) is 3.97. The largest absolute Gasteiger partial charge is 0.496 e. The number of rotatable bonds is 5. The van der Waals surface area contributed by atoms with E-state index in [4.69, 9.17) is 14.2 Å². The third-order valence-electron chi connectivity index (χ3n) is 4.03. The highest BCUT2D eigenvalue weighted by Crippen LogP contribution is 2.27. The second-order valence-corrected chi connectivity index (χ2v) is 6.67. The van der Waals surface area contributed by atoms with Crippen LogP contribution in [0.2, 0.25) is 0 Å². The number of aromatic nitrogens is 1. The highest BCUT2D eigenvalue weighted by molar-refractivity contribution is 5.41. The number of pyridine rings is 1. The molecule has 1 unspecified atom stereocenters. The van der Waals surface area contributed by atoms with Crippen LogP contribution in [-0.4, -0.2) is 55.5 Å². The predicted octanol–water partition coefficient (Wildman–Crippen LogP) is 2.33. The standard InChI is InChI=1S/C17H28N2O3/c1-12-7-18-15(13(2)16(12)21-6)9-19-8-14(10-20-5)22-17(3,4)11-19/h7,14H,8-11H2,1-6H3. The maximum atomic E-state index is 6.06. The number of aryl methyl sites for hydroxylation is 1. The Balaban J connectivity index is 2.15. The van der Waals surface area contributed by atoms with E-state index in [1.54, 1.807) is 14.2 Å². The highest BCUT2D eigenvalue weighted by Gasteiger charge is 2.33. The van der Waals surface area contributed by atoms with Crippen molar-refractivity contribution in [3.05, 3.63) is 23.0 Å². The van der Waals surface area contributed by atoms with E-state index in [1.807, 2.05) is 13.1 Å². The summed E-state index contributed by atoms with van der Waals surface area (Å²) in [5.74, 6) is 0.936. The quantitative estimate of drug-likeness (QED) is 0.835. The molecule has 1 aliphatic rings. The van der Waals surface area contributed by atoms with Gasteiger partial charge in [0.25, 0.3) is 0 Å². The maximum Gasteiger partial charge on any atom is 0.128 e. The fourth-order valence-corrected chi connectivity index (χ4v) is 3.25. The number of nitrogens with zero attached hydrogens (tertiary/aromatic N) is 2. The van der Waals surface area contributed by atoms with Crippen molar-refractivity contribution in [2.75, 3.05) is 33.9 Å². The van der Waals surface area contributed by atoms with Crippen molar-refractivity contribution < 1.29 is 14.2 Å². The Morgan fingerprint density at radius 1 is 1.36 bits per heavy atom. The second-order valence-electron chi connectivity index (χ2n) is 6.67. The molecule has 124 valence electrons. The summed E-state index contributed by atoms with van der Waals surface area (Å²) in [6.07, 6.45) is 1.99. The molecule has 1 saturated heterocycles. The van der Waals surface area contributed by atoms with Gasteiger partial charge >= 0.3 is 0 Å². The lowest BCUT2D eigenvalue weighted by atomic mass is 10.0. The van der Waals surface area contributed by atoms with Crippen molar-refractivity contribution in [1.29, 1.82) is 0 Å². The average Bonchev–Trinajstić information content (AvgIpc) is 2.41. The Morgan fingerprint density at radius 2 is 2.09 bits per heavy atom. The van der Waals surface area contributed by atoms with Gasteiger partial charge in [0, 0.05) is 44.1 Å². The molecule has 1 aromatic heterocycles. The summed E-state index contributed by atoms with van der Waals surface area (Å²) >= 11 is 0. The molecule has 5 nitrogen and oxygen atoms in total. The van der Waals surface area contributed by atoms with Gasteiger partial charge in [-0.05, 0) is 27.7 Å². The van der Waals surface area contributed by atoms with Gasteiger partial charge in [-0.25, -0.2) is 0 Å². The molecule has 0 bridgehead atoms. The molecular weight excluding hydrogens is 280 g/mol. The average molecular weight is 308 g/mol. The van der Waals surface area contributed by atoms with Crippen LogP contribution < -0.4 is 4.74 Å². The van der Waals surface area contributed by atoms with Crippen LogP contribution in [0.4, 0.5) is 0 Å². The van der Waals surface area contributed by atoms with Crippen LogP contribution >= 0.6 is 0 Å². The molecule has 1 aliphatic heterocycles. The Bertz CT molecular complexity index is 517. The van der Waals surface area contributed by atoms with Gasteiger partial charge in [-0.15, -0.1) is 0 Å². The summed E-state index contributed by atoms with van der Waals surface area (Å²) in [4.78, 5) is 6.99. The molecule has 1 fully saturated rings. The molecule has 5 heteroatoms. The van der Waals surface area contributed by atoms with Gasteiger partial charge in [-0.1, -0.05) is 0 Å². The first-order chi connectivity index (χ1) is 10.4. The van der Waals surface area contributed by atoms with Crippen LogP contribution in [0.15, 0.2) is 6.20 Å². The molecule has 0 aliphatic carbocycles. The Hall–Kier alpha value is -1.17. The van der Waals surface area contributed by atoms with Gasteiger partial charge in [0.1, 0.15) is 5.75 Å². The normalized spacial score (nSPS) is 21.8. The van der Waals surface area contributed by atoms with E-state index in [0.29, 0.717) is 6.61 Å². The first kappa shape index (κ1) is 17.2. The highest BCUT2D eigenvalue weighted by atomic mass is 16.5. The molecule has 1 aromatic rings. The molecule has 0 N–H and O–H groups in total. The Morgan fingerprint density at radius 3 is 2.73 bits per heavy atom. The summed E-state index contributed by atoms with van der Waals surface area (Å²) in [6.45, 7) is 11.5. The molecule has 0 aromatic carbocycles. The Labute approximate surface area is 133 Å². The van der Waals surface area contributed by atoms with E-state index < -0.39 is 0 Å². The summed E-state index contributed by atoms with van der Waals surface area (Å²) in [6, 6.07) is 0. The van der Waals surface area contributed by atoms with Crippen molar-refractivity contribution in [2.45, 2.75) is 45.9 Å². The first-order valence-corrected chi connectivity index (χ1v) is 7.74. The van der Waals surface area contributed by atoms with Crippen LogP contribution in [0, 0.1) is 13.8 Å². The second kappa shape index (κ2) is 6.94. The smallest absolute Gasteiger partial charge is 0.128 e. The topological polar surface area (TPSA) is 43.8 Å². The monoisotopic (exact) mass is 308 g/mol. The summed E-state index contributed by atoms with van der Waals surface area (Å²) in [7, 11) is 3.43. The molecular formula is C17H28N2O3. The van der Waals surface area contributed by atoms with Gasteiger partial charge in [0.2, 0.25) is 0 Å².